The molecule has 0 fully saturated rings. The van der Waals surface area contributed by atoms with Gasteiger partial charge in [0.05, 0.1) is 0 Å². The second-order valence-corrected chi connectivity index (χ2v) is 4.32. The summed E-state index contributed by atoms with van der Waals surface area (Å²) in [4.78, 5) is 4.24. The molecule has 0 aliphatic rings. The third kappa shape index (κ3) is 5.55. The van der Waals surface area contributed by atoms with E-state index in [4.69, 9.17) is 0 Å². The lowest BCUT2D eigenvalue weighted by atomic mass is 10.1. The van der Waals surface area contributed by atoms with E-state index in [1.807, 2.05) is 21.1 Å². The largest absolute Gasteiger partial charge is 0.309 e. The fraction of sp³-hybridized carbons (Fsp3) is 1.00. The van der Waals surface area contributed by atoms with Crippen molar-refractivity contribution in [2.45, 2.75) is 38.9 Å². The number of halogens is 1. The molecule has 0 aliphatic heterocycles. The van der Waals surface area contributed by atoms with Crippen LogP contribution in [0.5, 0.6) is 0 Å². The Morgan fingerprint density at radius 3 is 2.07 bits per heavy atom. The summed E-state index contributed by atoms with van der Waals surface area (Å²) in [6.45, 7) is 5.72. The fourth-order valence-corrected chi connectivity index (χ4v) is 1.71. The van der Waals surface area contributed by atoms with Crippen LogP contribution in [0.15, 0.2) is 0 Å². The van der Waals surface area contributed by atoms with Crippen LogP contribution >= 0.6 is 0 Å². The molecule has 0 saturated carbocycles. The van der Waals surface area contributed by atoms with E-state index in [-0.39, 0.29) is 6.04 Å². The average molecular weight is 204 g/mol. The Bertz CT molecular complexity index is 137. The summed E-state index contributed by atoms with van der Waals surface area (Å²) in [6.07, 6.45) is 1.24. The van der Waals surface area contributed by atoms with Gasteiger partial charge in [-0.05, 0) is 54.0 Å². The van der Waals surface area contributed by atoms with Crippen molar-refractivity contribution < 1.29 is 4.39 Å². The molecule has 0 amide bonds. The molecule has 0 aliphatic carbocycles. The molecular weight excluding hydrogens is 179 g/mol. The average Bonchev–Trinajstić information content (AvgIpc) is 2.03. The molecule has 14 heavy (non-hydrogen) atoms. The molecule has 0 aromatic heterocycles. The second-order valence-electron chi connectivity index (χ2n) is 4.32. The second kappa shape index (κ2) is 7.18. The molecule has 0 aromatic carbocycles. The molecule has 0 bridgehead atoms. The van der Waals surface area contributed by atoms with Gasteiger partial charge in [-0.15, -0.1) is 0 Å². The van der Waals surface area contributed by atoms with E-state index in [9.17, 15) is 4.39 Å². The first-order valence-corrected chi connectivity index (χ1v) is 5.48. The molecule has 0 heterocycles. The zero-order chi connectivity index (χ0) is 11.1. The van der Waals surface area contributed by atoms with E-state index in [1.54, 1.807) is 6.92 Å². The van der Waals surface area contributed by atoms with Crippen LogP contribution in [0.25, 0.3) is 0 Å². The van der Waals surface area contributed by atoms with Crippen LogP contribution < -0.4 is 0 Å². The van der Waals surface area contributed by atoms with Crippen LogP contribution in [0, 0.1) is 0 Å². The van der Waals surface area contributed by atoms with E-state index < -0.39 is 6.17 Å². The maximum atomic E-state index is 13.3. The molecule has 0 aromatic rings. The highest BCUT2D eigenvalue weighted by molar-refractivity contribution is 4.75. The molecule has 2 nitrogen and oxygen atoms in total. The van der Waals surface area contributed by atoms with Crippen LogP contribution in [0.2, 0.25) is 0 Å². The van der Waals surface area contributed by atoms with Crippen molar-refractivity contribution >= 4 is 0 Å². The molecule has 2 unspecified atom stereocenters. The molecule has 0 N–H and O–H groups in total. The van der Waals surface area contributed by atoms with Crippen molar-refractivity contribution in [2.24, 2.45) is 0 Å². The highest BCUT2D eigenvalue weighted by Crippen LogP contribution is 2.11. The maximum absolute atomic E-state index is 13.3. The van der Waals surface area contributed by atoms with Crippen molar-refractivity contribution in [1.29, 1.82) is 0 Å². The van der Waals surface area contributed by atoms with Crippen LogP contribution in [0.1, 0.15) is 26.7 Å². The van der Waals surface area contributed by atoms with Gasteiger partial charge in [0, 0.05) is 6.04 Å². The molecule has 3 heteroatoms. The standard InChI is InChI=1S/C11H25FN2/c1-6-8-14(5)11(10(2)12)7-9-13(3)4/h10-11H,6-9H2,1-5H3. The van der Waals surface area contributed by atoms with Gasteiger partial charge in [0.25, 0.3) is 0 Å². The van der Waals surface area contributed by atoms with Gasteiger partial charge >= 0.3 is 0 Å². The first kappa shape index (κ1) is 13.8. The van der Waals surface area contributed by atoms with Gasteiger partial charge in [-0.3, -0.25) is 0 Å². The molecule has 0 radical (unpaired) electrons. The molecule has 86 valence electrons. The fourth-order valence-electron chi connectivity index (χ4n) is 1.71. The Morgan fingerprint density at radius 1 is 1.14 bits per heavy atom. The normalized spacial score (nSPS) is 16.3. The number of nitrogens with zero attached hydrogens (tertiary/aromatic N) is 2. The van der Waals surface area contributed by atoms with E-state index >= 15 is 0 Å². The predicted molar refractivity (Wildman–Crippen MR) is 60.5 cm³/mol. The predicted octanol–water partition coefficient (Wildman–Crippen LogP) is 2.01. The van der Waals surface area contributed by atoms with E-state index in [1.165, 1.54) is 0 Å². The zero-order valence-electron chi connectivity index (χ0n) is 10.3. The SMILES string of the molecule is CCCN(C)C(CCN(C)C)C(C)F. The molecule has 0 rings (SSSR count). The lowest BCUT2D eigenvalue weighted by Crippen LogP contribution is -2.40. The van der Waals surface area contributed by atoms with Crippen molar-refractivity contribution in [2.75, 3.05) is 34.2 Å². The van der Waals surface area contributed by atoms with Gasteiger partial charge < -0.3 is 9.80 Å². The molecule has 2 atom stereocenters. The summed E-state index contributed by atoms with van der Waals surface area (Å²) in [7, 11) is 6.07. The highest BCUT2D eigenvalue weighted by atomic mass is 19.1. The minimum absolute atomic E-state index is 0.0670. The Kier molecular flexibility index (Phi) is 7.11. The summed E-state index contributed by atoms with van der Waals surface area (Å²) in [5, 5.41) is 0. The molecule has 0 saturated heterocycles. The first-order valence-electron chi connectivity index (χ1n) is 5.48. The Hall–Kier alpha value is -0.150. The Labute approximate surface area is 88.1 Å². The summed E-state index contributed by atoms with van der Waals surface area (Å²) in [5.74, 6) is 0. The molecule has 0 spiro atoms. The summed E-state index contributed by atoms with van der Waals surface area (Å²) < 4.78 is 13.3. The summed E-state index contributed by atoms with van der Waals surface area (Å²) in [5.41, 5.74) is 0. The maximum Gasteiger partial charge on any atom is 0.113 e. The van der Waals surface area contributed by atoms with E-state index in [2.05, 4.69) is 16.7 Å². The molecular formula is C11H25FN2. The third-order valence-corrected chi connectivity index (χ3v) is 2.54. The van der Waals surface area contributed by atoms with Gasteiger partial charge in [-0.2, -0.15) is 0 Å². The van der Waals surface area contributed by atoms with Crippen molar-refractivity contribution in [3.63, 3.8) is 0 Å². The van der Waals surface area contributed by atoms with E-state index in [0.717, 1.165) is 25.9 Å². The van der Waals surface area contributed by atoms with Crippen molar-refractivity contribution in [3.05, 3.63) is 0 Å². The van der Waals surface area contributed by atoms with Crippen LogP contribution in [0.4, 0.5) is 4.39 Å². The topological polar surface area (TPSA) is 6.48 Å². The van der Waals surface area contributed by atoms with Crippen LogP contribution in [-0.4, -0.2) is 56.2 Å². The number of hydrogen-bond acceptors (Lipinski definition) is 2. The Morgan fingerprint density at radius 2 is 1.71 bits per heavy atom. The highest BCUT2D eigenvalue weighted by Gasteiger charge is 2.20. The summed E-state index contributed by atoms with van der Waals surface area (Å²) in [6, 6.07) is 0.0670. The minimum atomic E-state index is -0.744. The van der Waals surface area contributed by atoms with Crippen molar-refractivity contribution in [3.8, 4) is 0 Å². The van der Waals surface area contributed by atoms with Gasteiger partial charge in [-0.25, -0.2) is 4.39 Å². The quantitative estimate of drug-likeness (QED) is 0.626. The van der Waals surface area contributed by atoms with Gasteiger partial charge in [-0.1, -0.05) is 6.92 Å². The van der Waals surface area contributed by atoms with Crippen LogP contribution in [0.3, 0.4) is 0 Å². The number of rotatable bonds is 7. The lowest BCUT2D eigenvalue weighted by Gasteiger charge is -2.29. The lowest BCUT2D eigenvalue weighted by molar-refractivity contribution is 0.129. The van der Waals surface area contributed by atoms with E-state index in [0.29, 0.717) is 0 Å². The smallest absolute Gasteiger partial charge is 0.113 e. The zero-order valence-corrected chi connectivity index (χ0v) is 10.3. The number of alkyl halides is 1. The summed E-state index contributed by atoms with van der Waals surface area (Å²) >= 11 is 0. The van der Waals surface area contributed by atoms with Crippen molar-refractivity contribution in [1.82, 2.24) is 9.80 Å². The minimum Gasteiger partial charge on any atom is -0.309 e. The van der Waals surface area contributed by atoms with Gasteiger partial charge in [0.15, 0.2) is 0 Å². The Balaban J connectivity index is 4.00. The monoisotopic (exact) mass is 204 g/mol. The third-order valence-electron chi connectivity index (χ3n) is 2.54. The van der Waals surface area contributed by atoms with Crippen LogP contribution in [-0.2, 0) is 0 Å². The van der Waals surface area contributed by atoms with Gasteiger partial charge in [0.1, 0.15) is 6.17 Å². The van der Waals surface area contributed by atoms with Gasteiger partial charge in [0.2, 0.25) is 0 Å². The first-order chi connectivity index (χ1) is 6.49. The number of hydrogen-bond donors (Lipinski definition) is 0.